The molecule has 0 aliphatic rings. The normalized spacial score (nSPS) is 12.6. The molecule has 0 bridgehead atoms. The van der Waals surface area contributed by atoms with Crippen molar-refractivity contribution in [3.8, 4) is 22.5 Å². The van der Waals surface area contributed by atoms with Gasteiger partial charge in [-0.3, -0.25) is 0 Å². The Bertz CT molecular complexity index is 3140. The van der Waals surface area contributed by atoms with Crippen LogP contribution in [-0.4, -0.2) is 9.13 Å². The van der Waals surface area contributed by atoms with Gasteiger partial charge < -0.3 is 9.13 Å². The summed E-state index contributed by atoms with van der Waals surface area (Å²) < 4.78 is 7.42. The summed E-state index contributed by atoms with van der Waals surface area (Å²) in [5.41, 5.74) is 10.7. The van der Waals surface area contributed by atoms with Gasteiger partial charge in [0.1, 0.15) is 0 Å². The fourth-order valence-electron chi connectivity index (χ4n) is 7.90. The predicted octanol–water partition coefficient (Wildman–Crippen LogP) is 12.1. The Balaban J connectivity index is 1.11. The lowest BCUT2D eigenvalue weighted by molar-refractivity contribution is 1.07. The van der Waals surface area contributed by atoms with E-state index in [4.69, 9.17) is 0 Å². The number of nitrogens with zero attached hydrogens (tertiary/aromatic N) is 2. The Labute approximate surface area is 305 Å². The summed E-state index contributed by atoms with van der Waals surface area (Å²) in [6.07, 6.45) is 4.48. The van der Waals surface area contributed by atoms with Crippen LogP contribution in [0.5, 0.6) is 0 Å². The van der Waals surface area contributed by atoms with Crippen molar-refractivity contribution in [1.29, 1.82) is 0 Å². The van der Waals surface area contributed by atoms with Gasteiger partial charge in [-0.1, -0.05) is 128 Å². The van der Waals surface area contributed by atoms with Crippen molar-refractivity contribution in [2.45, 2.75) is 6.92 Å². The molecule has 0 unspecified atom stereocenters. The summed E-state index contributed by atoms with van der Waals surface area (Å²) in [4.78, 5) is 0. The largest absolute Gasteiger partial charge is 0.309 e. The van der Waals surface area contributed by atoms with Crippen LogP contribution in [0.4, 0.5) is 0 Å². The highest BCUT2D eigenvalue weighted by molar-refractivity contribution is 7.26. The number of hydrogen-bond donors (Lipinski definition) is 0. The van der Waals surface area contributed by atoms with Crippen molar-refractivity contribution in [1.82, 2.24) is 9.13 Å². The van der Waals surface area contributed by atoms with Crippen molar-refractivity contribution in [3.63, 3.8) is 0 Å². The minimum Gasteiger partial charge on any atom is -0.309 e. The number of aromatic nitrogens is 2. The molecule has 0 aliphatic carbocycles. The summed E-state index contributed by atoms with van der Waals surface area (Å²) in [7, 11) is 0. The van der Waals surface area contributed by atoms with Gasteiger partial charge >= 0.3 is 0 Å². The SMILES string of the molecule is C=c1/c(=C\C=C(/C)c2ccc3c(c2)c2ccccc2n3-c2cccc3c2sc2ccccc23)n(-c2ccc(-c3ccccc3)cc2)c2ccccc12. The standard InChI is InChI=1S/C49H34N2S/c1-32(23-29-43-33(2)38-15-6-9-19-44(38)50(43)37-27-24-35(25-28-37)34-13-4-3-5-14-34)36-26-30-46-42(31-36)39-16-7-10-20-45(39)51(46)47-21-12-18-41-40-17-8-11-22-48(40)52-49(41)47/h3-31H,2H2,1H3/b32-23+,43-29+. The molecule has 0 radical (unpaired) electrons. The van der Waals surface area contributed by atoms with Gasteiger partial charge in [0.2, 0.25) is 0 Å². The summed E-state index contributed by atoms with van der Waals surface area (Å²) in [5, 5.41) is 8.41. The molecular formula is C49H34N2S. The van der Waals surface area contributed by atoms with E-state index in [1.807, 2.05) is 11.3 Å². The molecule has 2 nitrogen and oxygen atoms in total. The fraction of sp³-hybridized carbons (Fsp3) is 0.0204. The molecule has 3 heteroatoms. The number of allylic oxidation sites excluding steroid dienone is 2. The van der Waals surface area contributed by atoms with Crippen LogP contribution in [0.15, 0.2) is 170 Å². The van der Waals surface area contributed by atoms with Crippen LogP contribution in [-0.2, 0) is 0 Å². The summed E-state index contributed by atoms with van der Waals surface area (Å²) in [6.45, 7) is 6.78. The number of thiophene rings is 1. The van der Waals surface area contributed by atoms with E-state index in [0.29, 0.717) is 0 Å². The second kappa shape index (κ2) is 12.1. The Kier molecular flexibility index (Phi) is 7.09. The number of fused-ring (bicyclic) bond motifs is 7. The summed E-state index contributed by atoms with van der Waals surface area (Å²) >= 11 is 1.88. The number of rotatable bonds is 5. The number of hydrogen-bond acceptors (Lipinski definition) is 1. The minimum atomic E-state index is 1.03. The van der Waals surface area contributed by atoms with Crippen LogP contribution in [0, 0.1) is 0 Å². The molecule has 0 aliphatic heterocycles. The molecule has 0 spiro atoms. The first kappa shape index (κ1) is 30.4. The molecule has 0 amide bonds. The maximum atomic E-state index is 4.57. The van der Waals surface area contributed by atoms with Crippen LogP contribution < -0.4 is 10.6 Å². The zero-order valence-corrected chi connectivity index (χ0v) is 29.6. The van der Waals surface area contributed by atoms with E-state index in [2.05, 4.69) is 199 Å². The molecule has 10 aromatic rings. The average Bonchev–Trinajstić information content (AvgIpc) is 3.84. The molecule has 0 atom stereocenters. The van der Waals surface area contributed by atoms with E-state index in [0.717, 1.165) is 27.2 Å². The average molecular weight is 683 g/mol. The first-order valence-electron chi connectivity index (χ1n) is 17.7. The zero-order chi connectivity index (χ0) is 34.8. The van der Waals surface area contributed by atoms with E-state index in [1.54, 1.807) is 0 Å². The number of benzene rings is 7. The lowest BCUT2D eigenvalue weighted by Gasteiger charge is -2.10. The van der Waals surface area contributed by atoms with Gasteiger partial charge in [0.25, 0.3) is 0 Å². The molecule has 0 N–H and O–H groups in total. The Hall–Kier alpha value is -6.42. The van der Waals surface area contributed by atoms with Gasteiger partial charge in [0, 0.05) is 42.5 Å². The third kappa shape index (κ3) is 4.78. The van der Waals surface area contributed by atoms with Gasteiger partial charge in [0.15, 0.2) is 0 Å². The van der Waals surface area contributed by atoms with E-state index < -0.39 is 0 Å². The molecule has 52 heavy (non-hydrogen) atoms. The highest BCUT2D eigenvalue weighted by Crippen LogP contribution is 2.41. The third-order valence-corrected chi connectivity index (χ3v) is 11.7. The van der Waals surface area contributed by atoms with Crippen molar-refractivity contribution >= 4 is 82.4 Å². The zero-order valence-electron chi connectivity index (χ0n) is 28.8. The molecule has 3 heterocycles. The second-order valence-electron chi connectivity index (χ2n) is 13.5. The maximum Gasteiger partial charge on any atom is 0.0640 e. The molecule has 10 rings (SSSR count). The molecular weight excluding hydrogens is 649 g/mol. The van der Waals surface area contributed by atoms with Crippen molar-refractivity contribution < 1.29 is 0 Å². The molecule has 0 fully saturated rings. The van der Waals surface area contributed by atoms with Crippen molar-refractivity contribution in [2.75, 3.05) is 0 Å². The quantitative estimate of drug-likeness (QED) is 0.171. The smallest absolute Gasteiger partial charge is 0.0640 e. The topological polar surface area (TPSA) is 9.86 Å². The van der Waals surface area contributed by atoms with Gasteiger partial charge in [-0.25, -0.2) is 0 Å². The maximum absolute atomic E-state index is 4.57. The van der Waals surface area contributed by atoms with Gasteiger partial charge in [-0.05, 0) is 83.8 Å². The lowest BCUT2D eigenvalue weighted by atomic mass is 10.0. The van der Waals surface area contributed by atoms with Crippen LogP contribution in [0.25, 0.3) is 93.6 Å². The molecule has 7 aromatic carbocycles. The van der Waals surface area contributed by atoms with Crippen LogP contribution in [0.3, 0.4) is 0 Å². The van der Waals surface area contributed by atoms with Crippen LogP contribution >= 0.6 is 11.3 Å². The fourth-order valence-corrected chi connectivity index (χ4v) is 9.11. The van der Waals surface area contributed by atoms with Gasteiger partial charge in [0.05, 0.1) is 32.3 Å². The summed E-state index contributed by atoms with van der Waals surface area (Å²) in [6, 6.07) is 59.1. The summed E-state index contributed by atoms with van der Waals surface area (Å²) in [5.74, 6) is 0. The van der Waals surface area contributed by atoms with E-state index in [-0.39, 0.29) is 0 Å². The Morgan fingerprint density at radius 2 is 1.17 bits per heavy atom. The molecule has 246 valence electrons. The highest BCUT2D eigenvalue weighted by Gasteiger charge is 2.17. The van der Waals surface area contributed by atoms with E-state index in [1.165, 1.54) is 69.9 Å². The van der Waals surface area contributed by atoms with E-state index >= 15 is 0 Å². The molecule has 0 saturated carbocycles. The predicted molar refractivity (Wildman–Crippen MR) is 225 cm³/mol. The van der Waals surface area contributed by atoms with Gasteiger partial charge in [-0.2, -0.15) is 0 Å². The monoisotopic (exact) mass is 682 g/mol. The lowest BCUT2D eigenvalue weighted by Crippen LogP contribution is -2.27. The minimum absolute atomic E-state index is 1.03. The molecule has 0 saturated heterocycles. The van der Waals surface area contributed by atoms with E-state index in [9.17, 15) is 0 Å². The second-order valence-corrected chi connectivity index (χ2v) is 14.5. The van der Waals surface area contributed by atoms with Crippen molar-refractivity contribution in [3.05, 3.63) is 186 Å². The number of para-hydroxylation sites is 2. The van der Waals surface area contributed by atoms with Crippen molar-refractivity contribution in [2.24, 2.45) is 0 Å². The third-order valence-electron chi connectivity index (χ3n) is 10.5. The van der Waals surface area contributed by atoms with Gasteiger partial charge in [-0.15, -0.1) is 11.3 Å². The Morgan fingerprint density at radius 1 is 0.538 bits per heavy atom. The van der Waals surface area contributed by atoms with Crippen LogP contribution in [0.1, 0.15) is 12.5 Å². The van der Waals surface area contributed by atoms with Crippen LogP contribution in [0.2, 0.25) is 0 Å². The highest BCUT2D eigenvalue weighted by atomic mass is 32.1. The Morgan fingerprint density at radius 3 is 1.98 bits per heavy atom. The first-order chi connectivity index (χ1) is 25.6. The molecule has 3 aromatic heterocycles. The first-order valence-corrected chi connectivity index (χ1v) is 18.5.